The Hall–Kier alpha value is -0.160. The van der Waals surface area contributed by atoms with Crippen LogP contribution in [0.3, 0.4) is 0 Å². The molecule has 1 aliphatic heterocycles. The average Bonchev–Trinajstić information content (AvgIpc) is 2.38. The average molecular weight is 271 g/mol. The van der Waals surface area contributed by atoms with Crippen LogP contribution in [0, 0.1) is 5.92 Å². The number of nitrogens with zero attached hydrogens (tertiary/aromatic N) is 2. The first-order chi connectivity index (χ1) is 9.15. The first-order valence-electron chi connectivity index (χ1n) is 7.94. The third-order valence-corrected chi connectivity index (χ3v) is 3.73. The van der Waals surface area contributed by atoms with Gasteiger partial charge in [-0.05, 0) is 25.3 Å². The molecule has 0 spiro atoms. The number of rotatable bonds is 9. The Kier molecular flexibility index (Phi) is 8.62. The number of aliphatic hydroxyl groups is 1. The second-order valence-corrected chi connectivity index (χ2v) is 6.16. The minimum Gasteiger partial charge on any atom is -0.396 e. The lowest BCUT2D eigenvalue weighted by Gasteiger charge is -2.37. The molecule has 0 amide bonds. The highest BCUT2D eigenvalue weighted by Gasteiger charge is 2.19. The Morgan fingerprint density at radius 1 is 1.05 bits per heavy atom. The van der Waals surface area contributed by atoms with Gasteiger partial charge in [-0.25, -0.2) is 0 Å². The lowest BCUT2D eigenvalue weighted by Crippen LogP contribution is -2.51. The van der Waals surface area contributed by atoms with E-state index < -0.39 is 0 Å². The second-order valence-electron chi connectivity index (χ2n) is 6.16. The van der Waals surface area contributed by atoms with Gasteiger partial charge < -0.3 is 15.3 Å². The Bertz CT molecular complexity index is 215. The van der Waals surface area contributed by atoms with Gasteiger partial charge in [-0.2, -0.15) is 0 Å². The van der Waals surface area contributed by atoms with Gasteiger partial charge in [0.1, 0.15) is 0 Å². The van der Waals surface area contributed by atoms with Crippen LogP contribution in [0.4, 0.5) is 0 Å². The van der Waals surface area contributed by atoms with Crippen LogP contribution < -0.4 is 5.32 Å². The van der Waals surface area contributed by atoms with E-state index in [-0.39, 0.29) is 6.61 Å². The molecule has 1 atom stereocenters. The summed E-state index contributed by atoms with van der Waals surface area (Å²) in [5, 5.41) is 12.7. The zero-order chi connectivity index (χ0) is 14.1. The van der Waals surface area contributed by atoms with Crippen molar-refractivity contribution in [3.05, 3.63) is 0 Å². The Morgan fingerprint density at radius 2 is 1.63 bits per heavy atom. The number of piperazine rings is 1. The van der Waals surface area contributed by atoms with E-state index in [0.29, 0.717) is 6.04 Å². The summed E-state index contributed by atoms with van der Waals surface area (Å²) in [7, 11) is 0. The molecular formula is C15H33N3O. The zero-order valence-corrected chi connectivity index (χ0v) is 13.1. The van der Waals surface area contributed by atoms with Gasteiger partial charge in [0.25, 0.3) is 0 Å². The van der Waals surface area contributed by atoms with Crippen molar-refractivity contribution in [2.24, 2.45) is 5.92 Å². The number of nitrogens with one attached hydrogen (secondary N) is 1. The molecule has 19 heavy (non-hydrogen) atoms. The summed E-state index contributed by atoms with van der Waals surface area (Å²) in [6.07, 6.45) is 2.02. The standard InChI is InChI=1S/C15H33N3O/c1-4-6-16-15(5-11-19)13-18-9-7-17(8-10-18)12-14(2)3/h14-16,19H,4-13H2,1-3H3. The molecule has 0 aromatic rings. The number of hydrogen-bond donors (Lipinski definition) is 2. The molecule has 4 heteroatoms. The summed E-state index contributed by atoms with van der Waals surface area (Å²) in [4.78, 5) is 5.11. The smallest absolute Gasteiger partial charge is 0.0446 e. The molecule has 2 N–H and O–H groups in total. The molecule has 0 bridgehead atoms. The fourth-order valence-electron chi connectivity index (χ4n) is 2.74. The van der Waals surface area contributed by atoms with Crippen LogP contribution in [-0.4, -0.2) is 73.4 Å². The van der Waals surface area contributed by atoms with Gasteiger partial charge in [-0.3, -0.25) is 4.90 Å². The summed E-state index contributed by atoms with van der Waals surface area (Å²) >= 11 is 0. The van der Waals surface area contributed by atoms with Gasteiger partial charge in [-0.15, -0.1) is 0 Å². The van der Waals surface area contributed by atoms with E-state index in [2.05, 4.69) is 35.9 Å². The minimum atomic E-state index is 0.286. The van der Waals surface area contributed by atoms with Crippen molar-refractivity contribution in [1.29, 1.82) is 0 Å². The minimum absolute atomic E-state index is 0.286. The summed E-state index contributed by atoms with van der Waals surface area (Å²) in [5.41, 5.74) is 0. The monoisotopic (exact) mass is 271 g/mol. The van der Waals surface area contributed by atoms with Crippen LogP contribution in [-0.2, 0) is 0 Å². The van der Waals surface area contributed by atoms with Gasteiger partial charge >= 0.3 is 0 Å². The molecule has 4 nitrogen and oxygen atoms in total. The molecule has 1 saturated heterocycles. The summed E-state index contributed by atoms with van der Waals surface area (Å²) in [5.74, 6) is 0.764. The van der Waals surface area contributed by atoms with Crippen LogP contribution in [0.1, 0.15) is 33.6 Å². The topological polar surface area (TPSA) is 38.7 Å². The van der Waals surface area contributed by atoms with E-state index in [1.165, 1.54) is 32.7 Å². The maximum atomic E-state index is 9.14. The van der Waals surface area contributed by atoms with Gasteiger partial charge in [0.15, 0.2) is 0 Å². The van der Waals surface area contributed by atoms with E-state index in [0.717, 1.165) is 31.8 Å². The summed E-state index contributed by atoms with van der Waals surface area (Å²) in [6.45, 7) is 15.1. The van der Waals surface area contributed by atoms with Crippen LogP contribution in [0.25, 0.3) is 0 Å². The van der Waals surface area contributed by atoms with Crippen molar-refractivity contribution in [1.82, 2.24) is 15.1 Å². The number of hydrogen-bond acceptors (Lipinski definition) is 4. The van der Waals surface area contributed by atoms with E-state index >= 15 is 0 Å². The highest BCUT2D eigenvalue weighted by molar-refractivity contribution is 4.77. The van der Waals surface area contributed by atoms with E-state index in [1.54, 1.807) is 0 Å². The molecule has 0 aromatic heterocycles. The van der Waals surface area contributed by atoms with Crippen molar-refractivity contribution in [3.63, 3.8) is 0 Å². The fraction of sp³-hybridized carbons (Fsp3) is 1.00. The van der Waals surface area contributed by atoms with Crippen molar-refractivity contribution in [3.8, 4) is 0 Å². The lowest BCUT2D eigenvalue weighted by atomic mass is 10.1. The maximum absolute atomic E-state index is 9.14. The third kappa shape index (κ3) is 7.25. The summed E-state index contributed by atoms with van der Waals surface area (Å²) in [6, 6.07) is 0.446. The lowest BCUT2D eigenvalue weighted by molar-refractivity contribution is 0.109. The third-order valence-electron chi connectivity index (χ3n) is 3.73. The molecule has 1 heterocycles. The van der Waals surface area contributed by atoms with Crippen molar-refractivity contribution in [2.45, 2.75) is 39.7 Å². The van der Waals surface area contributed by atoms with Crippen LogP contribution in [0.2, 0.25) is 0 Å². The molecule has 0 aromatic carbocycles. The molecular weight excluding hydrogens is 238 g/mol. The van der Waals surface area contributed by atoms with Gasteiger partial charge in [0, 0.05) is 51.9 Å². The Labute approximate surface area is 119 Å². The SMILES string of the molecule is CCCNC(CCO)CN1CCN(CC(C)C)CC1. The van der Waals surface area contributed by atoms with Crippen molar-refractivity contribution in [2.75, 3.05) is 52.4 Å². The quantitative estimate of drug-likeness (QED) is 0.656. The first-order valence-corrected chi connectivity index (χ1v) is 7.94. The molecule has 1 aliphatic rings. The van der Waals surface area contributed by atoms with Crippen molar-refractivity contribution >= 4 is 0 Å². The molecule has 1 unspecified atom stereocenters. The molecule has 0 radical (unpaired) electrons. The van der Waals surface area contributed by atoms with E-state index in [1.807, 2.05) is 0 Å². The molecule has 1 fully saturated rings. The highest BCUT2D eigenvalue weighted by Crippen LogP contribution is 2.06. The predicted octanol–water partition coefficient (Wildman–Crippen LogP) is 1.01. The van der Waals surface area contributed by atoms with Gasteiger partial charge in [0.2, 0.25) is 0 Å². The molecule has 0 aliphatic carbocycles. The second kappa shape index (κ2) is 9.70. The van der Waals surface area contributed by atoms with E-state index in [4.69, 9.17) is 5.11 Å². The number of aliphatic hydroxyl groups excluding tert-OH is 1. The largest absolute Gasteiger partial charge is 0.396 e. The predicted molar refractivity (Wildman–Crippen MR) is 81.5 cm³/mol. The Morgan fingerprint density at radius 3 is 2.11 bits per heavy atom. The highest BCUT2D eigenvalue weighted by atomic mass is 16.3. The first kappa shape index (κ1) is 16.9. The van der Waals surface area contributed by atoms with Gasteiger partial charge in [0.05, 0.1) is 0 Å². The van der Waals surface area contributed by atoms with Gasteiger partial charge in [-0.1, -0.05) is 20.8 Å². The molecule has 1 rings (SSSR count). The fourth-order valence-corrected chi connectivity index (χ4v) is 2.74. The normalized spacial score (nSPS) is 20.1. The molecule has 114 valence electrons. The zero-order valence-electron chi connectivity index (χ0n) is 13.1. The van der Waals surface area contributed by atoms with Crippen LogP contribution >= 0.6 is 0 Å². The van der Waals surface area contributed by atoms with Crippen LogP contribution in [0.5, 0.6) is 0 Å². The van der Waals surface area contributed by atoms with Crippen LogP contribution in [0.15, 0.2) is 0 Å². The summed E-state index contributed by atoms with van der Waals surface area (Å²) < 4.78 is 0. The van der Waals surface area contributed by atoms with Crippen molar-refractivity contribution < 1.29 is 5.11 Å². The Balaban J connectivity index is 2.25. The van der Waals surface area contributed by atoms with E-state index in [9.17, 15) is 0 Å². The molecule has 0 saturated carbocycles. The maximum Gasteiger partial charge on any atom is 0.0446 e.